The van der Waals surface area contributed by atoms with Gasteiger partial charge in [0.05, 0.1) is 13.1 Å². The first-order valence-corrected chi connectivity index (χ1v) is 5.74. The van der Waals surface area contributed by atoms with E-state index in [0.29, 0.717) is 6.54 Å². The monoisotopic (exact) mass is 208 g/mol. The number of furan rings is 1. The molecular formula is C12H20N2O. The fourth-order valence-corrected chi connectivity index (χ4v) is 2.06. The zero-order valence-electron chi connectivity index (χ0n) is 9.41. The van der Waals surface area contributed by atoms with Crippen molar-refractivity contribution in [2.45, 2.75) is 32.4 Å². The maximum atomic E-state index is 5.57. The fraction of sp³-hybridized carbons (Fsp3) is 0.667. The molecule has 0 aromatic carbocycles. The third-order valence-electron chi connectivity index (χ3n) is 3.14. The molecule has 0 spiro atoms. The molecule has 1 aromatic rings. The van der Waals surface area contributed by atoms with Crippen molar-refractivity contribution in [1.82, 2.24) is 4.90 Å². The Morgan fingerprint density at radius 3 is 2.67 bits per heavy atom. The van der Waals surface area contributed by atoms with Crippen LogP contribution in [0.3, 0.4) is 0 Å². The van der Waals surface area contributed by atoms with E-state index in [1.807, 2.05) is 12.1 Å². The van der Waals surface area contributed by atoms with Crippen molar-refractivity contribution in [3.63, 3.8) is 0 Å². The number of nitrogens with two attached hydrogens (primary N) is 1. The Hall–Kier alpha value is -0.800. The number of hydrogen-bond acceptors (Lipinski definition) is 3. The highest BCUT2D eigenvalue weighted by molar-refractivity contribution is 5.06. The van der Waals surface area contributed by atoms with E-state index < -0.39 is 0 Å². The van der Waals surface area contributed by atoms with Crippen LogP contribution in [0.5, 0.6) is 0 Å². The highest BCUT2D eigenvalue weighted by Crippen LogP contribution is 2.27. The molecule has 3 nitrogen and oxygen atoms in total. The van der Waals surface area contributed by atoms with E-state index in [9.17, 15) is 0 Å². The Kier molecular flexibility index (Phi) is 3.44. The van der Waals surface area contributed by atoms with Crippen molar-refractivity contribution in [3.05, 3.63) is 23.7 Å². The average Bonchev–Trinajstić information content (AvgIpc) is 2.59. The predicted octanol–water partition coefficient (Wildman–Crippen LogP) is 1.97. The van der Waals surface area contributed by atoms with Crippen LogP contribution in [0.4, 0.5) is 0 Å². The quantitative estimate of drug-likeness (QED) is 0.804. The molecule has 84 valence electrons. The molecule has 0 bridgehead atoms. The summed E-state index contributed by atoms with van der Waals surface area (Å²) >= 11 is 0. The topological polar surface area (TPSA) is 42.4 Å². The first kappa shape index (κ1) is 10.7. The molecule has 1 aliphatic carbocycles. The Bertz CT molecular complexity index is 304. The third kappa shape index (κ3) is 2.83. The molecule has 0 saturated heterocycles. The zero-order chi connectivity index (χ0) is 10.7. The lowest BCUT2D eigenvalue weighted by Gasteiger charge is -2.29. The lowest BCUT2D eigenvalue weighted by Crippen LogP contribution is -2.28. The van der Waals surface area contributed by atoms with Gasteiger partial charge in [0.15, 0.2) is 0 Å². The van der Waals surface area contributed by atoms with E-state index in [1.54, 1.807) is 0 Å². The molecule has 2 N–H and O–H groups in total. The minimum absolute atomic E-state index is 0.492. The van der Waals surface area contributed by atoms with Gasteiger partial charge in [-0.05, 0) is 37.9 Å². The summed E-state index contributed by atoms with van der Waals surface area (Å²) in [6.07, 6.45) is 4.21. The zero-order valence-corrected chi connectivity index (χ0v) is 9.41. The summed E-state index contributed by atoms with van der Waals surface area (Å²) in [6, 6.07) is 3.99. The molecule has 1 fully saturated rings. The van der Waals surface area contributed by atoms with Gasteiger partial charge in [0.1, 0.15) is 11.5 Å². The van der Waals surface area contributed by atoms with E-state index in [1.165, 1.54) is 25.8 Å². The molecule has 0 amide bonds. The van der Waals surface area contributed by atoms with Gasteiger partial charge in [-0.3, -0.25) is 4.90 Å². The minimum Gasteiger partial charge on any atom is -0.463 e. The molecule has 0 aliphatic heterocycles. The van der Waals surface area contributed by atoms with Crippen LogP contribution in [-0.2, 0) is 13.1 Å². The van der Waals surface area contributed by atoms with Gasteiger partial charge in [-0.1, -0.05) is 6.42 Å². The van der Waals surface area contributed by atoms with E-state index in [2.05, 4.69) is 11.9 Å². The molecule has 1 heterocycles. The first-order chi connectivity index (χ1) is 7.28. The summed E-state index contributed by atoms with van der Waals surface area (Å²) < 4.78 is 5.57. The molecule has 3 heteroatoms. The second kappa shape index (κ2) is 4.81. The summed E-state index contributed by atoms with van der Waals surface area (Å²) in [4.78, 5) is 2.34. The van der Waals surface area contributed by atoms with Gasteiger partial charge < -0.3 is 10.2 Å². The van der Waals surface area contributed by atoms with E-state index in [4.69, 9.17) is 10.2 Å². The Morgan fingerprint density at radius 2 is 2.13 bits per heavy atom. The van der Waals surface area contributed by atoms with E-state index in [-0.39, 0.29) is 0 Å². The van der Waals surface area contributed by atoms with Gasteiger partial charge in [-0.15, -0.1) is 0 Å². The Morgan fingerprint density at radius 1 is 1.40 bits per heavy atom. The fourth-order valence-electron chi connectivity index (χ4n) is 2.06. The van der Waals surface area contributed by atoms with Gasteiger partial charge in [-0.25, -0.2) is 0 Å². The summed E-state index contributed by atoms with van der Waals surface area (Å²) in [5.74, 6) is 2.82. The van der Waals surface area contributed by atoms with Crippen molar-refractivity contribution >= 4 is 0 Å². The van der Waals surface area contributed by atoms with Crippen LogP contribution in [0, 0.1) is 5.92 Å². The maximum Gasteiger partial charge on any atom is 0.118 e. The summed E-state index contributed by atoms with van der Waals surface area (Å²) in [7, 11) is 2.16. The number of rotatable bonds is 5. The van der Waals surface area contributed by atoms with Crippen molar-refractivity contribution in [3.8, 4) is 0 Å². The highest BCUT2D eigenvalue weighted by Gasteiger charge is 2.19. The van der Waals surface area contributed by atoms with Crippen LogP contribution < -0.4 is 5.73 Å². The van der Waals surface area contributed by atoms with Crippen molar-refractivity contribution in [1.29, 1.82) is 0 Å². The lowest BCUT2D eigenvalue weighted by atomic mass is 9.85. The van der Waals surface area contributed by atoms with E-state index in [0.717, 1.165) is 24.0 Å². The SMILES string of the molecule is CN(Cc1ccc(CN)o1)CC1CCC1. The summed E-state index contributed by atoms with van der Waals surface area (Å²) in [5, 5.41) is 0. The van der Waals surface area contributed by atoms with Crippen LogP contribution in [0.25, 0.3) is 0 Å². The molecule has 2 rings (SSSR count). The van der Waals surface area contributed by atoms with Gasteiger partial charge in [0.2, 0.25) is 0 Å². The molecular weight excluding hydrogens is 188 g/mol. The molecule has 1 aliphatic rings. The number of hydrogen-bond donors (Lipinski definition) is 1. The predicted molar refractivity (Wildman–Crippen MR) is 60.3 cm³/mol. The third-order valence-corrected chi connectivity index (χ3v) is 3.14. The van der Waals surface area contributed by atoms with Gasteiger partial charge in [-0.2, -0.15) is 0 Å². The van der Waals surface area contributed by atoms with Gasteiger partial charge in [0.25, 0.3) is 0 Å². The molecule has 15 heavy (non-hydrogen) atoms. The summed E-state index contributed by atoms with van der Waals surface area (Å²) in [5.41, 5.74) is 5.50. The molecule has 1 saturated carbocycles. The second-order valence-electron chi connectivity index (χ2n) is 4.57. The van der Waals surface area contributed by atoms with Crippen LogP contribution in [0.15, 0.2) is 16.5 Å². The number of nitrogens with zero attached hydrogens (tertiary/aromatic N) is 1. The summed E-state index contributed by atoms with van der Waals surface area (Å²) in [6.45, 7) is 2.58. The smallest absolute Gasteiger partial charge is 0.118 e. The van der Waals surface area contributed by atoms with Crippen LogP contribution in [-0.4, -0.2) is 18.5 Å². The van der Waals surface area contributed by atoms with Crippen molar-refractivity contribution in [2.75, 3.05) is 13.6 Å². The van der Waals surface area contributed by atoms with Crippen LogP contribution >= 0.6 is 0 Å². The van der Waals surface area contributed by atoms with Gasteiger partial charge >= 0.3 is 0 Å². The standard InChI is InChI=1S/C12H20N2O/c1-14(8-10-3-2-4-10)9-12-6-5-11(7-13)15-12/h5-6,10H,2-4,7-9,13H2,1H3. The lowest BCUT2D eigenvalue weighted by molar-refractivity contribution is 0.190. The Labute approximate surface area is 91.2 Å². The second-order valence-corrected chi connectivity index (χ2v) is 4.57. The van der Waals surface area contributed by atoms with Gasteiger partial charge in [0, 0.05) is 6.54 Å². The van der Waals surface area contributed by atoms with E-state index >= 15 is 0 Å². The maximum absolute atomic E-state index is 5.57. The largest absolute Gasteiger partial charge is 0.463 e. The van der Waals surface area contributed by atoms with Crippen LogP contribution in [0.1, 0.15) is 30.8 Å². The van der Waals surface area contributed by atoms with Crippen molar-refractivity contribution in [2.24, 2.45) is 11.7 Å². The average molecular weight is 208 g/mol. The molecule has 0 unspecified atom stereocenters. The molecule has 1 aromatic heterocycles. The van der Waals surface area contributed by atoms with Crippen molar-refractivity contribution < 1.29 is 4.42 Å². The molecule has 0 atom stereocenters. The molecule has 0 radical (unpaired) electrons. The normalized spacial score (nSPS) is 17.0. The van der Waals surface area contributed by atoms with Crippen LogP contribution in [0.2, 0.25) is 0 Å². The Balaban J connectivity index is 1.79. The first-order valence-electron chi connectivity index (χ1n) is 5.74. The highest BCUT2D eigenvalue weighted by atomic mass is 16.3. The minimum atomic E-state index is 0.492.